The van der Waals surface area contributed by atoms with Gasteiger partial charge in [-0.1, -0.05) is 23.2 Å². The number of urea groups is 1. The number of piperidine rings is 1. The van der Waals surface area contributed by atoms with E-state index in [1.165, 1.54) is 0 Å². The molecule has 104 valence electrons. The number of aliphatic hydroxyl groups excluding tert-OH is 1. The number of likely N-dealkylation sites (tertiary alicyclic amines) is 1. The Morgan fingerprint density at radius 2 is 2.21 bits per heavy atom. The molecule has 1 unspecified atom stereocenters. The molecule has 2 amide bonds. The van der Waals surface area contributed by atoms with E-state index in [4.69, 9.17) is 28.3 Å². The Kier molecular flexibility index (Phi) is 4.91. The molecule has 1 aromatic rings. The van der Waals surface area contributed by atoms with Gasteiger partial charge in [-0.05, 0) is 37.0 Å². The number of anilines is 1. The van der Waals surface area contributed by atoms with Crippen molar-refractivity contribution in [3.63, 3.8) is 0 Å². The van der Waals surface area contributed by atoms with Gasteiger partial charge >= 0.3 is 6.03 Å². The lowest BCUT2D eigenvalue weighted by atomic mass is 9.99. The number of rotatable bonds is 2. The Morgan fingerprint density at radius 1 is 1.42 bits per heavy atom. The van der Waals surface area contributed by atoms with Crippen molar-refractivity contribution in [1.29, 1.82) is 0 Å². The van der Waals surface area contributed by atoms with Crippen LogP contribution in [0.5, 0.6) is 0 Å². The van der Waals surface area contributed by atoms with E-state index in [-0.39, 0.29) is 18.6 Å². The van der Waals surface area contributed by atoms with Gasteiger partial charge in [-0.2, -0.15) is 0 Å². The van der Waals surface area contributed by atoms with Crippen LogP contribution in [0.15, 0.2) is 18.2 Å². The highest BCUT2D eigenvalue weighted by atomic mass is 35.5. The highest BCUT2D eigenvalue weighted by Gasteiger charge is 2.23. The Morgan fingerprint density at radius 3 is 2.89 bits per heavy atom. The molecule has 1 saturated heterocycles. The zero-order valence-electron chi connectivity index (χ0n) is 10.4. The third-order valence-corrected chi connectivity index (χ3v) is 3.97. The molecule has 2 rings (SSSR count). The average molecular weight is 303 g/mol. The van der Waals surface area contributed by atoms with Gasteiger partial charge in [-0.25, -0.2) is 4.79 Å². The summed E-state index contributed by atoms with van der Waals surface area (Å²) in [5.41, 5.74) is 0.616. The highest BCUT2D eigenvalue weighted by Crippen LogP contribution is 2.25. The van der Waals surface area contributed by atoms with Crippen molar-refractivity contribution < 1.29 is 9.90 Å². The van der Waals surface area contributed by atoms with Crippen molar-refractivity contribution in [3.05, 3.63) is 28.2 Å². The zero-order valence-corrected chi connectivity index (χ0v) is 11.9. The first-order chi connectivity index (χ1) is 9.10. The molecule has 1 heterocycles. The summed E-state index contributed by atoms with van der Waals surface area (Å²) in [5.74, 6) is 0.174. The minimum atomic E-state index is -0.170. The van der Waals surface area contributed by atoms with E-state index in [9.17, 15) is 4.79 Å². The Bertz CT molecular complexity index is 468. The van der Waals surface area contributed by atoms with Gasteiger partial charge in [-0.3, -0.25) is 0 Å². The molecule has 1 fully saturated rings. The van der Waals surface area contributed by atoms with Crippen LogP contribution in [-0.4, -0.2) is 35.7 Å². The van der Waals surface area contributed by atoms with Gasteiger partial charge in [0.2, 0.25) is 0 Å². The first kappa shape index (κ1) is 14.4. The quantitative estimate of drug-likeness (QED) is 0.881. The number of benzene rings is 1. The third kappa shape index (κ3) is 3.75. The van der Waals surface area contributed by atoms with Crippen LogP contribution in [0.3, 0.4) is 0 Å². The molecule has 1 aliphatic heterocycles. The molecule has 0 aliphatic carbocycles. The summed E-state index contributed by atoms with van der Waals surface area (Å²) < 4.78 is 0. The number of hydrogen-bond acceptors (Lipinski definition) is 2. The maximum atomic E-state index is 12.1. The monoisotopic (exact) mass is 302 g/mol. The second-order valence-electron chi connectivity index (χ2n) is 4.70. The number of amides is 2. The summed E-state index contributed by atoms with van der Waals surface area (Å²) in [6.45, 7) is 1.42. The highest BCUT2D eigenvalue weighted by molar-refractivity contribution is 6.42. The predicted octanol–water partition coefficient (Wildman–Crippen LogP) is 3.23. The standard InChI is InChI=1S/C13H16Cl2N2O2/c14-11-4-3-10(6-12(11)15)16-13(19)17-5-1-2-9(7-17)8-18/h3-4,6,9,18H,1-2,5,7-8H2,(H,16,19). The lowest BCUT2D eigenvalue weighted by Gasteiger charge is -2.31. The van der Waals surface area contributed by atoms with Gasteiger partial charge in [0.15, 0.2) is 0 Å². The molecule has 1 atom stereocenters. The van der Waals surface area contributed by atoms with Crippen molar-refractivity contribution in [3.8, 4) is 0 Å². The Labute approximate surface area is 122 Å². The number of nitrogens with zero attached hydrogens (tertiary/aromatic N) is 1. The van der Waals surface area contributed by atoms with Crippen molar-refractivity contribution in [2.24, 2.45) is 5.92 Å². The number of halogens is 2. The SMILES string of the molecule is O=C(Nc1ccc(Cl)c(Cl)c1)N1CCCC(CO)C1. The lowest BCUT2D eigenvalue weighted by molar-refractivity contribution is 0.136. The minimum Gasteiger partial charge on any atom is -0.396 e. The number of carbonyl (C=O) groups is 1. The Hall–Kier alpha value is -0.970. The van der Waals surface area contributed by atoms with E-state index in [1.54, 1.807) is 23.1 Å². The molecular weight excluding hydrogens is 287 g/mol. The fourth-order valence-corrected chi connectivity index (χ4v) is 2.47. The van der Waals surface area contributed by atoms with Gasteiger partial charge in [-0.15, -0.1) is 0 Å². The van der Waals surface area contributed by atoms with Crippen molar-refractivity contribution >= 4 is 34.9 Å². The summed E-state index contributed by atoms with van der Waals surface area (Å²) >= 11 is 11.7. The maximum Gasteiger partial charge on any atom is 0.321 e. The van der Waals surface area contributed by atoms with Crippen LogP contribution < -0.4 is 5.32 Å². The molecule has 0 bridgehead atoms. The molecule has 0 aromatic heterocycles. The average Bonchev–Trinajstić information content (AvgIpc) is 2.43. The van der Waals surface area contributed by atoms with Gasteiger partial charge < -0.3 is 15.3 Å². The van der Waals surface area contributed by atoms with E-state index in [0.717, 1.165) is 12.8 Å². The normalized spacial score (nSPS) is 19.3. The predicted molar refractivity (Wildman–Crippen MR) is 76.9 cm³/mol. The Balaban J connectivity index is 1.98. The van der Waals surface area contributed by atoms with E-state index >= 15 is 0 Å². The number of aliphatic hydroxyl groups is 1. The third-order valence-electron chi connectivity index (χ3n) is 3.24. The zero-order chi connectivity index (χ0) is 13.8. The van der Waals surface area contributed by atoms with Gasteiger partial charge in [0, 0.05) is 25.4 Å². The van der Waals surface area contributed by atoms with Crippen LogP contribution in [-0.2, 0) is 0 Å². The van der Waals surface area contributed by atoms with E-state index in [2.05, 4.69) is 5.32 Å². The smallest absolute Gasteiger partial charge is 0.321 e. The maximum absolute atomic E-state index is 12.1. The molecule has 19 heavy (non-hydrogen) atoms. The van der Waals surface area contributed by atoms with E-state index in [1.807, 2.05) is 0 Å². The second-order valence-corrected chi connectivity index (χ2v) is 5.51. The fraction of sp³-hybridized carbons (Fsp3) is 0.462. The molecular formula is C13H16Cl2N2O2. The molecule has 2 N–H and O–H groups in total. The van der Waals surface area contributed by atoms with Gasteiger partial charge in [0.25, 0.3) is 0 Å². The summed E-state index contributed by atoms with van der Waals surface area (Å²) in [6, 6.07) is 4.80. The summed E-state index contributed by atoms with van der Waals surface area (Å²) in [6.07, 6.45) is 1.88. The number of carbonyl (C=O) groups excluding carboxylic acids is 1. The van der Waals surface area contributed by atoms with E-state index < -0.39 is 0 Å². The van der Waals surface area contributed by atoms with Crippen LogP contribution >= 0.6 is 23.2 Å². The topological polar surface area (TPSA) is 52.6 Å². The first-order valence-corrected chi connectivity index (χ1v) is 6.97. The molecule has 0 spiro atoms. The van der Waals surface area contributed by atoms with Crippen LogP contribution in [0, 0.1) is 5.92 Å². The molecule has 1 aliphatic rings. The lowest BCUT2D eigenvalue weighted by Crippen LogP contribution is -2.43. The fourth-order valence-electron chi connectivity index (χ4n) is 2.17. The molecule has 0 radical (unpaired) electrons. The van der Waals surface area contributed by atoms with Crippen LogP contribution in [0.25, 0.3) is 0 Å². The molecule has 0 saturated carbocycles. The summed E-state index contributed by atoms with van der Waals surface area (Å²) in [5, 5.41) is 12.8. The van der Waals surface area contributed by atoms with Crippen LogP contribution in [0.4, 0.5) is 10.5 Å². The second kappa shape index (κ2) is 6.46. The number of hydrogen-bond donors (Lipinski definition) is 2. The van der Waals surface area contributed by atoms with Gasteiger partial charge in [0.05, 0.1) is 10.0 Å². The molecule has 4 nitrogen and oxygen atoms in total. The minimum absolute atomic E-state index is 0.122. The van der Waals surface area contributed by atoms with E-state index in [0.29, 0.717) is 28.8 Å². The van der Waals surface area contributed by atoms with Gasteiger partial charge in [0.1, 0.15) is 0 Å². The van der Waals surface area contributed by atoms with Crippen LogP contribution in [0.1, 0.15) is 12.8 Å². The van der Waals surface area contributed by atoms with Crippen molar-refractivity contribution in [2.45, 2.75) is 12.8 Å². The van der Waals surface area contributed by atoms with Crippen molar-refractivity contribution in [1.82, 2.24) is 4.90 Å². The first-order valence-electron chi connectivity index (χ1n) is 6.22. The van der Waals surface area contributed by atoms with Crippen LogP contribution in [0.2, 0.25) is 10.0 Å². The molecule has 1 aromatic carbocycles. The largest absolute Gasteiger partial charge is 0.396 e. The molecule has 6 heteroatoms. The number of nitrogens with one attached hydrogen (secondary N) is 1. The summed E-state index contributed by atoms with van der Waals surface area (Å²) in [4.78, 5) is 13.8. The summed E-state index contributed by atoms with van der Waals surface area (Å²) in [7, 11) is 0. The van der Waals surface area contributed by atoms with Crippen molar-refractivity contribution in [2.75, 3.05) is 25.0 Å².